The van der Waals surface area contributed by atoms with Crippen LogP contribution in [-0.2, 0) is 14.8 Å². The zero-order valence-corrected chi connectivity index (χ0v) is 10.9. The normalized spacial score (nSPS) is 21.6. The van der Waals surface area contributed by atoms with Gasteiger partial charge in [-0.3, -0.25) is 0 Å². The first-order chi connectivity index (χ1) is 7.67. The van der Waals surface area contributed by atoms with Crippen LogP contribution in [0.3, 0.4) is 0 Å². The molecule has 1 aliphatic rings. The summed E-state index contributed by atoms with van der Waals surface area (Å²) in [7, 11) is -3.33. The average molecular weight is 265 g/mol. The summed E-state index contributed by atoms with van der Waals surface area (Å²) in [5.41, 5.74) is -1.77. The number of carboxylic acid groups (broad SMARTS) is 1. The molecule has 1 fully saturated rings. The standard InChI is InChI=1S/C10H19NO5S/c1-8(2)7-17(15,16)11-5-3-10(14,4-6-11)9(12)13/h8,14H,3-7H2,1-2H3,(H,12,13). The van der Waals surface area contributed by atoms with Crippen molar-refractivity contribution in [2.45, 2.75) is 32.3 Å². The van der Waals surface area contributed by atoms with E-state index in [0.29, 0.717) is 0 Å². The van der Waals surface area contributed by atoms with E-state index in [4.69, 9.17) is 5.11 Å². The second-order valence-corrected chi connectivity index (χ2v) is 6.92. The van der Waals surface area contributed by atoms with Crippen LogP contribution in [0.1, 0.15) is 26.7 Å². The Bertz CT molecular complexity index is 382. The quantitative estimate of drug-likeness (QED) is 0.739. The van der Waals surface area contributed by atoms with Crippen LogP contribution in [0.2, 0.25) is 0 Å². The van der Waals surface area contributed by atoms with E-state index in [9.17, 15) is 18.3 Å². The van der Waals surface area contributed by atoms with Crippen molar-refractivity contribution in [1.82, 2.24) is 4.31 Å². The van der Waals surface area contributed by atoms with E-state index in [-0.39, 0.29) is 37.6 Å². The van der Waals surface area contributed by atoms with E-state index in [1.165, 1.54) is 4.31 Å². The number of aliphatic carboxylic acids is 1. The van der Waals surface area contributed by atoms with E-state index in [0.717, 1.165) is 0 Å². The lowest BCUT2D eigenvalue weighted by atomic mass is 9.93. The Hall–Kier alpha value is -0.660. The van der Waals surface area contributed by atoms with Crippen LogP contribution in [0.5, 0.6) is 0 Å². The second kappa shape index (κ2) is 4.91. The van der Waals surface area contributed by atoms with Crippen LogP contribution in [0.25, 0.3) is 0 Å². The molecule has 0 aliphatic carbocycles. The van der Waals surface area contributed by atoms with Crippen molar-refractivity contribution >= 4 is 16.0 Å². The van der Waals surface area contributed by atoms with Gasteiger partial charge in [-0.15, -0.1) is 0 Å². The highest BCUT2D eigenvalue weighted by atomic mass is 32.2. The summed E-state index contributed by atoms with van der Waals surface area (Å²) in [5.74, 6) is -1.20. The highest BCUT2D eigenvalue weighted by Crippen LogP contribution is 2.24. The van der Waals surface area contributed by atoms with E-state index >= 15 is 0 Å². The summed E-state index contributed by atoms with van der Waals surface area (Å²) < 4.78 is 25.0. The smallest absolute Gasteiger partial charge is 0.335 e. The summed E-state index contributed by atoms with van der Waals surface area (Å²) in [5, 5.41) is 18.5. The molecule has 1 heterocycles. The number of hydrogen-bond acceptors (Lipinski definition) is 4. The molecular weight excluding hydrogens is 246 g/mol. The molecule has 1 rings (SSSR count). The summed E-state index contributed by atoms with van der Waals surface area (Å²) in [6.45, 7) is 3.76. The lowest BCUT2D eigenvalue weighted by Gasteiger charge is -2.34. The number of hydrogen-bond donors (Lipinski definition) is 2. The minimum absolute atomic E-state index is 0.0280. The zero-order valence-electron chi connectivity index (χ0n) is 10.1. The molecule has 7 heteroatoms. The SMILES string of the molecule is CC(C)CS(=O)(=O)N1CCC(O)(C(=O)O)CC1. The molecule has 0 aromatic rings. The van der Waals surface area contributed by atoms with Crippen LogP contribution < -0.4 is 0 Å². The van der Waals surface area contributed by atoms with Crippen molar-refractivity contribution in [3.8, 4) is 0 Å². The first kappa shape index (κ1) is 14.4. The van der Waals surface area contributed by atoms with Gasteiger partial charge in [0.2, 0.25) is 10.0 Å². The minimum Gasteiger partial charge on any atom is -0.479 e. The fraction of sp³-hybridized carbons (Fsp3) is 0.900. The number of nitrogens with zero attached hydrogens (tertiary/aromatic N) is 1. The van der Waals surface area contributed by atoms with Crippen LogP contribution in [0.15, 0.2) is 0 Å². The molecule has 0 atom stereocenters. The van der Waals surface area contributed by atoms with Crippen LogP contribution in [0.4, 0.5) is 0 Å². The number of aliphatic hydroxyl groups is 1. The Balaban J connectivity index is 2.67. The predicted octanol–water partition coefficient (Wildman–Crippen LogP) is -0.116. The molecule has 100 valence electrons. The molecule has 0 aromatic carbocycles. The van der Waals surface area contributed by atoms with Gasteiger partial charge in [0.25, 0.3) is 0 Å². The highest BCUT2D eigenvalue weighted by molar-refractivity contribution is 7.89. The van der Waals surface area contributed by atoms with Crippen molar-refractivity contribution in [2.24, 2.45) is 5.92 Å². The van der Waals surface area contributed by atoms with Gasteiger partial charge >= 0.3 is 5.97 Å². The van der Waals surface area contributed by atoms with Crippen molar-refractivity contribution in [1.29, 1.82) is 0 Å². The lowest BCUT2D eigenvalue weighted by molar-refractivity contribution is -0.162. The molecule has 0 unspecified atom stereocenters. The van der Waals surface area contributed by atoms with Crippen LogP contribution in [-0.4, -0.2) is 53.3 Å². The van der Waals surface area contributed by atoms with Gasteiger partial charge in [0.1, 0.15) is 0 Å². The first-order valence-corrected chi connectivity index (χ1v) is 7.22. The lowest BCUT2D eigenvalue weighted by Crippen LogP contribution is -2.51. The van der Waals surface area contributed by atoms with Gasteiger partial charge in [0.15, 0.2) is 5.60 Å². The largest absolute Gasteiger partial charge is 0.479 e. The predicted molar refractivity (Wildman–Crippen MR) is 62.0 cm³/mol. The Morgan fingerprint density at radius 2 is 1.82 bits per heavy atom. The third-order valence-corrected chi connectivity index (χ3v) is 5.12. The van der Waals surface area contributed by atoms with Gasteiger partial charge in [-0.1, -0.05) is 13.8 Å². The van der Waals surface area contributed by atoms with E-state index < -0.39 is 21.6 Å². The van der Waals surface area contributed by atoms with Gasteiger partial charge in [-0.05, 0) is 5.92 Å². The maximum Gasteiger partial charge on any atom is 0.335 e. The van der Waals surface area contributed by atoms with E-state index in [2.05, 4.69) is 0 Å². The molecule has 0 bridgehead atoms. The summed E-state index contributed by atoms with van der Waals surface area (Å²) >= 11 is 0. The highest BCUT2D eigenvalue weighted by Gasteiger charge is 2.41. The monoisotopic (exact) mass is 265 g/mol. The Kier molecular flexibility index (Phi) is 4.16. The van der Waals surface area contributed by atoms with E-state index in [1.807, 2.05) is 13.8 Å². The van der Waals surface area contributed by atoms with Crippen LogP contribution >= 0.6 is 0 Å². The molecule has 6 nitrogen and oxygen atoms in total. The Morgan fingerprint density at radius 1 is 1.35 bits per heavy atom. The Morgan fingerprint density at radius 3 is 2.18 bits per heavy atom. The van der Waals surface area contributed by atoms with Gasteiger partial charge in [-0.2, -0.15) is 0 Å². The van der Waals surface area contributed by atoms with Gasteiger partial charge in [0.05, 0.1) is 5.75 Å². The van der Waals surface area contributed by atoms with Crippen LogP contribution in [0, 0.1) is 5.92 Å². The fourth-order valence-corrected chi connectivity index (χ4v) is 3.67. The molecule has 1 saturated heterocycles. The number of rotatable bonds is 4. The molecule has 17 heavy (non-hydrogen) atoms. The zero-order chi connectivity index (χ0) is 13.3. The number of carbonyl (C=O) groups is 1. The third kappa shape index (κ3) is 3.40. The maximum atomic E-state index is 11.9. The van der Waals surface area contributed by atoms with Gasteiger partial charge in [0, 0.05) is 25.9 Å². The first-order valence-electron chi connectivity index (χ1n) is 5.61. The summed E-state index contributed by atoms with van der Waals surface area (Å²) in [4.78, 5) is 10.8. The number of carboxylic acids is 1. The van der Waals surface area contributed by atoms with Crippen molar-refractivity contribution in [3.63, 3.8) is 0 Å². The molecule has 0 spiro atoms. The minimum atomic E-state index is -3.33. The fourth-order valence-electron chi connectivity index (χ4n) is 1.87. The van der Waals surface area contributed by atoms with Crippen molar-refractivity contribution in [3.05, 3.63) is 0 Å². The molecule has 0 amide bonds. The van der Waals surface area contributed by atoms with E-state index in [1.54, 1.807) is 0 Å². The van der Waals surface area contributed by atoms with Crippen molar-refractivity contribution < 1.29 is 23.4 Å². The summed E-state index contributed by atoms with van der Waals surface area (Å²) in [6.07, 6.45) is -0.112. The maximum absolute atomic E-state index is 11.9. The number of sulfonamides is 1. The second-order valence-electron chi connectivity index (χ2n) is 4.91. The van der Waals surface area contributed by atoms with Gasteiger partial charge < -0.3 is 10.2 Å². The molecule has 1 aliphatic heterocycles. The molecule has 2 N–H and O–H groups in total. The number of piperidine rings is 1. The summed E-state index contributed by atoms with van der Waals surface area (Å²) in [6, 6.07) is 0. The topological polar surface area (TPSA) is 94.9 Å². The third-order valence-electron chi connectivity index (χ3n) is 2.89. The molecule has 0 radical (unpaired) electrons. The molecule has 0 aromatic heterocycles. The van der Waals surface area contributed by atoms with Gasteiger partial charge in [-0.25, -0.2) is 17.5 Å². The average Bonchev–Trinajstić information content (AvgIpc) is 2.16. The molecule has 0 saturated carbocycles. The van der Waals surface area contributed by atoms with Crippen molar-refractivity contribution in [2.75, 3.05) is 18.8 Å². The molecular formula is C10H19NO5S. The Labute approximate surface area is 101 Å².